The highest BCUT2D eigenvalue weighted by Gasteiger charge is 2.43. The zero-order valence-corrected chi connectivity index (χ0v) is 21.0. The number of nitrogens with zero attached hydrogens (tertiary/aromatic N) is 3. The third-order valence-electron chi connectivity index (χ3n) is 6.55. The van der Waals surface area contributed by atoms with Crippen LogP contribution >= 0.6 is 12.2 Å². The quantitative estimate of drug-likeness (QED) is 0.355. The Morgan fingerprint density at radius 1 is 0.914 bits per heavy atom. The minimum atomic E-state index is -0.151. The molecule has 1 aliphatic rings. The maximum absolute atomic E-state index is 5.92. The van der Waals surface area contributed by atoms with Crippen molar-refractivity contribution >= 4 is 23.0 Å². The maximum atomic E-state index is 5.92. The van der Waals surface area contributed by atoms with Gasteiger partial charge in [-0.05, 0) is 74.1 Å². The van der Waals surface area contributed by atoms with E-state index < -0.39 is 0 Å². The fourth-order valence-electron chi connectivity index (χ4n) is 4.98. The monoisotopic (exact) mass is 484 g/mol. The first-order valence-electron chi connectivity index (χ1n) is 11.5. The highest BCUT2D eigenvalue weighted by molar-refractivity contribution is 7.80. The lowest BCUT2D eigenvalue weighted by Crippen LogP contribution is -2.30. The van der Waals surface area contributed by atoms with Crippen LogP contribution in [0, 0.1) is 13.8 Å². The first kappa shape index (κ1) is 22.9. The zero-order valence-electron chi connectivity index (χ0n) is 20.2. The first-order chi connectivity index (χ1) is 17.0. The molecule has 2 atom stereocenters. The van der Waals surface area contributed by atoms with Crippen LogP contribution in [0.25, 0.3) is 5.69 Å². The molecule has 1 saturated heterocycles. The fourth-order valence-corrected chi connectivity index (χ4v) is 5.32. The van der Waals surface area contributed by atoms with Gasteiger partial charge in [0.15, 0.2) is 5.11 Å². The van der Waals surface area contributed by atoms with Gasteiger partial charge in [0.2, 0.25) is 0 Å². The van der Waals surface area contributed by atoms with Crippen molar-refractivity contribution in [2.75, 3.05) is 19.1 Å². The molecule has 178 valence electrons. The summed E-state index contributed by atoms with van der Waals surface area (Å²) >= 11 is 5.92. The van der Waals surface area contributed by atoms with Crippen LogP contribution in [-0.2, 0) is 0 Å². The summed E-state index contributed by atoms with van der Waals surface area (Å²) in [6, 6.07) is 24.1. The van der Waals surface area contributed by atoms with E-state index in [9.17, 15) is 0 Å². The van der Waals surface area contributed by atoms with E-state index in [1.165, 1.54) is 5.56 Å². The number of hydrogen-bond acceptors (Lipinski definition) is 4. The lowest BCUT2D eigenvalue weighted by Gasteiger charge is -2.29. The van der Waals surface area contributed by atoms with Crippen molar-refractivity contribution < 1.29 is 9.47 Å². The largest absolute Gasteiger partial charge is 0.497 e. The van der Waals surface area contributed by atoms with Crippen molar-refractivity contribution in [1.82, 2.24) is 14.9 Å². The summed E-state index contributed by atoms with van der Waals surface area (Å²) in [6.45, 7) is 4.30. The lowest BCUT2D eigenvalue weighted by atomic mass is 9.96. The van der Waals surface area contributed by atoms with Crippen molar-refractivity contribution in [3.05, 3.63) is 102 Å². The van der Waals surface area contributed by atoms with Gasteiger partial charge in [-0.15, -0.1) is 0 Å². The van der Waals surface area contributed by atoms with Crippen LogP contribution in [0.1, 0.15) is 34.7 Å². The minimum absolute atomic E-state index is 0.149. The van der Waals surface area contributed by atoms with Gasteiger partial charge >= 0.3 is 0 Å². The average Bonchev–Trinajstić information content (AvgIpc) is 3.39. The summed E-state index contributed by atoms with van der Waals surface area (Å²) in [5.41, 5.74) is 6.37. The van der Waals surface area contributed by atoms with Crippen molar-refractivity contribution in [3.8, 4) is 17.2 Å². The molecule has 3 heterocycles. The van der Waals surface area contributed by atoms with Crippen LogP contribution in [-0.4, -0.2) is 28.9 Å². The number of hydrogen-bond donors (Lipinski definition) is 1. The summed E-state index contributed by atoms with van der Waals surface area (Å²) in [4.78, 5) is 6.81. The molecular weight excluding hydrogens is 456 g/mol. The molecule has 4 aromatic rings. The molecule has 1 N–H and O–H groups in total. The molecule has 1 fully saturated rings. The Morgan fingerprint density at radius 3 is 2.37 bits per heavy atom. The van der Waals surface area contributed by atoms with Crippen molar-refractivity contribution in [3.63, 3.8) is 0 Å². The van der Waals surface area contributed by atoms with Crippen molar-refractivity contribution in [2.24, 2.45) is 0 Å². The second kappa shape index (κ2) is 9.43. The number of anilines is 1. The van der Waals surface area contributed by atoms with E-state index in [0.29, 0.717) is 5.11 Å². The smallest absolute Gasteiger partial charge is 0.174 e. The molecule has 0 spiro atoms. The van der Waals surface area contributed by atoms with E-state index in [0.717, 1.165) is 40.0 Å². The number of para-hydroxylation sites is 1. The van der Waals surface area contributed by atoms with E-state index in [-0.39, 0.29) is 12.1 Å². The maximum Gasteiger partial charge on any atom is 0.174 e. The molecule has 35 heavy (non-hydrogen) atoms. The number of rotatable bonds is 6. The molecule has 1 aliphatic heterocycles. The Hall–Kier alpha value is -3.84. The second-order valence-corrected chi connectivity index (χ2v) is 8.92. The molecule has 0 aliphatic carbocycles. The Morgan fingerprint density at radius 2 is 1.69 bits per heavy atom. The average molecular weight is 485 g/mol. The number of thiocarbonyl (C=S) groups is 1. The second-order valence-electron chi connectivity index (χ2n) is 8.53. The number of benzene rings is 2. The number of methoxy groups -OCH3 is 2. The van der Waals surface area contributed by atoms with E-state index >= 15 is 0 Å². The van der Waals surface area contributed by atoms with Gasteiger partial charge < -0.3 is 24.3 Å². The molecular formula is C28H28N4O2S. The Bertz CT molecular complexity index is 1350. The van der Waals surface area contributed by atoms with Crippen LogP contribution < -0.4 is 19.7 Å². The third-order valence-corrected chi connectivity index (χ3v) is 6.86. The molecule has 5 rings (SSSR count). The van der Waals surface area contributed by atoms with Crippen LogP contribution in [0.4, 0.5) is 5.69 Å². The Balaban J connectivity index is 1.72. The molecule has 2 aromatic carbocycles. The molecule has 2 aromatic heterocycles. The summed E-state index contributed by atoms with van der Waals surface area (Å²) in [7, 11) is 3.33. The van der Waals surface area contributed by atoms with Gasteiger partial charge in [-0.3, -0.25) is 4.98 Å². The number of aromatic nitrogens is 2. The molecule has 6 nitrogen and oxygen atoms in total. The van der Waals surface area contributed by atoms with Gasteiger partial charge in [0.1, 0.15) is 11.5 Å². The topological polar surface area (TPSA) is 51.6 Å². The highest BCUT2D eigenvalue weighted by atomic mass is 32.1. The normalized spacial score (nSPS) is 17.4. The van der Waals surface area contributed by atoms with E-state index in [1.807, 2.05) is 48.7 Å². The van der Waals surface area contributed by atoms with Gasteiger partial charge in [-0.25, -0.2) is 0 Å². The molecule has 0 radical (unpaired) electrons. The van der Waals surface area contributed by atoms with E-state index in [4.69, 9.17) is 21.7 Å². The van der Waals surface area contributed by atoms with Crippen molar-refractivity contribution in [2.45, 2.75) is 25.9 Å². The number of pyridine rings is 1. The summed E-state index contributed by atoms with van der Waals surface area (Å²) in [5.74, 6) is 1.46. The molecule has 0 bridgehead atoms. The van der Waals surface area contributed by atoms with Gasteiger partial charge in [0, 0.05) is 29.3 Å². The third kappa shape index (κ3) is 4.02. The SMILES string of the molecule is COc1ccc(OC)c(N2C(=S)N[C@H](c3ccccn3)[C@H]2c2cc(C)n(-c3ccccc3)c2C)c1. The minimum Gasteiger partial charge on any atom is -0.497 e. The molecule has 0 saturated carbocycles. The Kier molecular flexibility index (Phi) is 6.17. The van der Waals surface area contributed by atoms with Gasteiger partial charge in [-0.2, -0.15) is 0 Å². The first-order valence-corrected chi connectivity index (χ1v) is 11.9. The molecule has 7 heteroatoms. The predicted molar refractivity (Wildman–Crippen MR) is 143 cm³/mol. The van der Waals surface area contributed by atoms with E-state index in [2.05, 4.69) is 63.9 Å². The predicted octanol–water partition coefficient (Wildman–Crippen LogP) is 5.68. The van der Waals surface area contributed by atoms with Gasteiger partial charge in [0.05, 0.1) is 37.7 Å². The van der Waals surface area contributed by atoms with Crippen LogP contribution in [0.3, 0.4) is 0 Å². The van der Waals surface area contributed by atoms with Gasteiger partial charge in [0.25, 0.3) is 0 Å². The van der Waals surface area contributed by atoms with Crippen LogP contribution in [0.5, 0.6) is 11.5 Å². The Labute approximate surface area is 211 Å². The van der Waals surface area contributed by atoms with Gasteiger partial charge in [-0.1, -0.05) is 24.3 Å². The van der Waals surface area contributed by atoms with E-state index in [1.54, 1.807) is 14.2 Å². The van der Waals surface area contributed by atoms with Crippen LogP contribution in [0.2, 0.25) is 0 Å². The molecule has 0 amide bonds. The summed E-state index contributed by atoms with van der Waals surface area (Å²) in [6.07, 6.45) is 1.82. The highest BCUT2D eigenvalue weighted by Crippen LogP contribution is 2.47. The summed E-state index contributed by atoms with van der Waals surface area (Å²) in [5, 5.41) is 4.15. The van der Waals surface area contributed by atoms with Crippen LogP contribution in [0.15, 0.2) is 79.0 Å². The fraction of sp³-hybridized carbons (Fsp3) is 0.214. The van der Waals surface area contributed by atoms with Crippen molar-refractivity contribution in [1.29, 1.82) is 0 Å². The number of nitrogens with one attached hydrogen (secondary N) is 1. The lowest BCUT2D eigenvalue weighted by molar-refractivity contribution is 0.403. The zero-order chi connectivity index (χ0) is 24.5. The number of aryl methyl sites for hydroxylation is 1. The number of ether oxygens (including phenoxy) is 2. The summed E-state index contributed by atoms with van der Waals surface area (Å²) < 4.78 is 13.6. The standard InChI is InChI=1S/C28H28N4O2S/c1-18-16-22(19(2)31(18)20-10-6-5-7-11-20)27-26(23-12-8-9-15-29-23)30-28(35)32(27)24-17-21(33-3)13-14-25(24)34-4/h5-17,26-27H,1-4H3,(H,30,35)/t26-,27-/m1/s1. The molecule has 0 unspecified atom stereocenters.